The highest BCUT2D eigenvalue weighted by molar-refractivity contribution is 6.21. The number of hydrogen-bond donors (Lipinski definition) is 2. The molecule has 0 saturated heterocycles. The van der Waals surface area contributed by atoms with Gasteiger partial charge in [0.1, 0.15) is 0 Å². The number of carbonyl (C=O) groups excluding carboxylic acids is 3. The Hall–Kier alpha value is -3.55. The first-order valence-corrected chi connectivity index (χ1v) is 9.17. The zero-order chi connectivity index (χ0) is 21.0. The van der Waals surface area contributed by atoms with E-state index in [1.165, 1.54) is 0 Å². The Balaban J connectivity index is 1.52. The van der Waals surface area contributed by atoms with Crippen LogP contribution in [0.3, 0.4) is 0 Å². The van der Waals surface area contributed by atoms with Gasteiger partial charge < -0.3 is 20.1 Å². The SMILES string of the molecule is COc1ccc(C(C)NC(=O)NCCN2C(=O)c3ccccc3C2=O)cc1OC. The van der Waals surface area contributed by atoms with E-state index in [-0.39, 0.29) is 30.9 Å². The second-order valence-corrected chi connectivity index (χ2v) is 6.54. The van der Waals surface area contributed by atoms with Gasteiger partial charge in [-0.25, -0.2) is 4.79 Å². The summed E-state index contributed by atoms with van der Waals surface area (Å²) in [6.07, 6.45) is 0. The molecule has 8 heteroatoms. The number of hydrogen-bond acceptors (Lipinski definition) is 5. The van der Waals surface area contributed by atoms with Crippen molar-refractivity contribution in [2.75, 3.05) is 27.3 Å². The fraction of sp³-hybridized carbons (Fsp3) is 0.286. The Morgan fingerprint density at radius 3 is 2.21 bits per heavy atom. The lowest BCUT2D eigenvalue weighted by atomic mass is 10.1. The van der Waals surface area contributed by atoms with Crippen molar-refractivity contribution in [2.24, 2.45) is 0 Å². The van der Waals surface area contributed by atoms with Gasteiger partial charge in [0.05, 0.1) is 31.4 Å². The molecule has 1 aliphatic rings. The number of nitrogens with zero attached hydrogens (tertiary/aromatic N) is 1. The van der Waals surface area contributed by atoms with Gasteiger partial charge in [-0.15, -0.1) is 0 Å². The fourth-order valence-electron chi connectivity index (χ4n) is 3.18. The summed E-state index contributed by atoms with van der Waals surface area (Å²) in [6, 6.07) is 11.4. The molecule has 0 saturated carbocycles. The molecule has 0 aliphatic carbocycles. The minimum atomic E-state index is -0.399. The number of nitrogens with one attached hydrogen (secondary N) is 2. The normalized spacial score (nSPS) is 13.7. The van der Waals surface area contributed by atoms with Crippen molar-refractivity contribution in [1.82, 2.24) is 15.5 Å². The van der Waals surface area contributed by atoms with Gasteiger partial charge in [-0.2, -0.15) is 0 Å². The number of amides is 4. The first kappa shape index (κ1) is 20.2. The molecule has 1 unspecified atom stereocenters. The topological polar surface area (TPSA) is 97.0 Å². The molecule has 0 aromatic heterocycles. The third-order valence-electron chi connectivity index (χ3n) is 4.75. The highest BCUT2D eigenvalue weighted by Crippen LogP contribution is 2.29. The van der Waals surface area contributed by atoms with Crippen molar-refractivity contribution in [3.8, 4) is 11.5 Å². The molecular weight excluding hydrogens is 374 g/mol. The van der Waals surface area contributed by atoms with Crippen molar-refractivity contribution in [2.45, 2.75) is 13.0 Å². The fourth-order valence-corrected chi connectivity index (χ4v) is 3.18. The maximum Gasteiger partial charge on any atom is 0.315 e. The predicted molar refractivity (Wildman–Crippen MR) is 106 cm³/mol. The van der Waals surface area contributed by atoms with E-state index in [9.17, 15) is 14.4 Å². The van der Waals surface area contributed by atoms with Crippen LogP contribution in [0.1, 0.15) is 39.2 Å². The molecule has 0 fully saturated rings. The van der Waals surface area contributed by atoms with E-state index in [4.69, 9.17) is 9.47 Å². The summed E-state index contributed by atoms with van der Waals surface area (Å²) < 4.78 is 10.5. The Morgan fingerprint density at radius 1 is 1.00 bits per heavy atom. The average molecular weight is 397 g/mol. The summed E-state index contributed by atoms with van der Waals surface area (Å²) in [6.45, 7) is 2.09. The lowest BCUT2D eigenvalue weighted by Gasteiger charge is -2.18. The predicted octanol–water partition coefficient (Wildman–Crippen LogP) is 2.36. The maximum atomic E-state index is 12.3. The van der Waals surface area contributed by atoms with Crippen LogP contribution >= 0.6 is 0 Å². The van der Waals surface area contributed by atoms with E-state index in [0.717, 1.165) is 10.5 Å². The highest BCUT2D eigenvalue weighted by atomic mass is 16.5. The zero-order valence-corrected chi connectivity index (χ0v) is 16.5. The molecule has 0 spiro atoms. The summed E-state index contributed by atoms with van der Waals surface area (Å²) in [4.78, 5) is 38.0. The summed E-state index contributed by atoms with van der Waals surface area (Å²) in [7, 11) is 3.10. The minimum absolute atomic E-state index is 0.102. The van der Waals surface area contributed by atoms with Crippen LogP contribution in [0.5, 0.6) is 11.5 Å². The van der Waals surface area contributed by atoms with Gasteiger partial charge in [0.15, 0.2) is 11.5 Å². The van der Waals surface area contributed by atoms with Crippen LogP contribution in [0.2, 0.25) is 0 Å². The molecule has 2 N–H and O–H groups in total. The monoisotopic (exact) mass is 397 g/mol. The number of methoxy groups -OCH3 is 2. The van der Waals surface area contributed by atoms with Crippen LogP contribution in [-0.4, -0.2) is 50.1 Å². The Bertz CT molecular complexity index is 909. The molecule has 0 radical (unpaired) electrons. The van der Waals surface area contributed by atoms with Crippen molar-refractivity contribution in [1.29, 1.82) is 0 Å². The lowest BCUT2D eigenvalue weighted by molar-refractivity contribution is 0.0655. The molecule has 29 heavy (non-hydrogen) atoms. The second-order valence-electron chi connectivity index (χ2n) is 6.54. The van der Waals surface area contributed by atoms with E-state index in [1.807, 2.05) is 13.0 Å². The first-order valence-electron chi connectivity index (χ1n) is 9.17. The third-order valence-corrected chi connectivity index (χ3v) is 4.75. The van der Waals surface area contributed by atoms with Crippen LogP contribution in [0.15, 0.2) is 42.5 Å². The van der Waals surface area contributed by atoms with E-state index in [0.29, 0.717) is 22.6 Å². The van der Waals surface area contributed by atoms with Crippen LogP contribution in [0, 0.1) is 0 Å². The van der Waals surface area contributed by atoms with Crippen LogP contribution in [0.25, 0.3) is 0 Å². The number of rotatable bonds is 7. The third kappa shape index (κ3) is 4.16. The smallest absolute Gasteiger partial charge is 0.315 e. The zero-order valence-electron chi connectivity index (χ0n) is 16.5. The molecule has 3 rings (SSSR count). The van der Waals surface area contributed by atoms with Gasteiger partial charge in [-0.1, -0.05) is 18.2 Å². The van der Waals surface area contributed by atoms with E-state index >= 15 is 0 Å². The Morgan fingerprint density at radius 2 is 1.62 bits per heavy atom. The first-order chi connectivity index (χ1) is 14.0. The number of fused-ring (bicyclic) bond motifs is 1. The summed E-state index contributed by atoms with van der Waals surface area (Å²) in [5.41, 5.74) is 1.63. The standard InChI is InChI=1S/C21H23N3O5/c1-13(14-8-9-17(28-2)18(12-14)29-3)23-21(27)22-10-11-24-19(25)15-6-4-5-7-16(15)20(24)26/h4-9,12-13H,10-11H2,1-3H3,(H2,22,23,27). The van der Waals surface area contributed by atoms with Crippen LogP contribution < -0.4 is 20.1 Å². The molecule has 0 bridgehead atoms. The molecule has 1 atom stereocenters. The van der Waals surface area contributed by atoms with Crippen molar-refractivity contribution >= 4 is 17.8 Å². The van der Waals surface area contributed by atoms with Gasteiger partial charge >= 0.3 is 6.03 Å². The number of imide groups is 1. The van der Waals surface area contributed by atoms with Crippen molar-refractivity contribution in [3.63, 3.8) is 0 Å². The molecule has 8 nitrogen and oxygen atoms in total. The van der Waals surface area contributed by atoms with Gasteiger partial charge in [-0.05, 0) is 36.8 Å². The van der Waals surface area contributed by atoms with Gasteiger partial charge in [0, 0.05) is 13.1 Å². The van der Waals surface area contributed by atoms with E-state index in [2.05, 4.69) is 10.6 Å². The molecule has 1 aliphatic heterocycles. The molecular formula is C21H23N3O5. The number of benzene rings is 2. The summed E-state index contributed by atoms with van der Waals surface area (Å²) in [5, 5.41) is 5.49. The molecule has 152 valence electrons. The Kier molecular flexibility index (Phi) is 6.01. The van der Waals surface area contributed by atoms with Gasteiger partial charge in [-0.3, -0.25) is 14.5 Å². The van der Waals surface area contributed by atoms with Crippen LogP contribution in [-0.2, 0) is 0 Å². The Labute approximate surface area is 168 Å². The van der Waals surface area contributed by atoms with Crippen LogP contribution in [0.4, 0.5) is 4.79 Å². The molecule has 2 aromatic rings. The molecule has 1 heterocycles. The highest BCUT2D eigenvalue weighted by Gasteiger charge is 2.34. The molecule has 2 aromatic carbocycles. The minimum Gasteiger partial charge on any atom is -0.493 e. The summed E-state index contributed by atoms with van der Waals surface area (Å²) >= 11 is 0. The van der Waals surface area contributed by atoms with Crippen molar-refractivity contribution < 1.29 is 23.9 Å². The largest absolute Gasteiger partial charge is 0.493 e. The number of carbonyl (C=O) groups is 3. The van der Waals surface area contributed by atoms with Gasteiger partial charge in [0.2, 0.25) is 0 Å². The number of ether oxygens (including phenoxy) is 2. The lowest BCUT2D eigenvalue weighted by Crippen LogP contribution is -2.42. The summed E-state index contributed by atoms with van der Waals surface area (Å²) in [5.74, 6) is 0.497. The van der Waals surface area contributed by atoms with Gasteiger partial charge in [0.25, 0.3) is 11.8 Å². The number of urea groups is 1. The van der Waals surface area contributed by atoms with E-state index in [1.54, 1.807) is 50.6 Å². The average Bonchev–Trinajstić information content (AvgIpc) is 2.98. The van der Waals surface area contributed by atoms with E-state index < -0.39 is 6.03 Å². The second kappa shape index (κ2) is 8.64. The van der Waals surface area contributed by atoms with Crippen molar-refractivity contribution in [3.05, 3.63) is 59.2 Å². The quantitative estimate of drug-likeness (QED) is 0.699. The molecule has 4 amide bonds. The maximum absolute atomic E-state index is 12.3.